The highest BCUT2D eigenvalue weighted by Gasteiger charge is 2.22. The molecule has 1 aliphatic rings. The number of hydrogen-bond acceptors (Lipinski definition) is 3. The molecule has 3 heteroatoms. The Morgan fingerprint density at radius 2 is 1.83 bits per heavy atom. The smallest absolute Gasteiger partial charge is 0.306 e. The first-order valence-corrected chi connectivity index (χ1v) is 6.65. The molecule has 0 bridgehead atoms. The standard InChI is InChI=1S/C15H20O3/c16-13-7-9-14(10-8-13)18-15(17)11-6-12-4-2-1-3-5-12/h1-5,13-14,16H,6-11H2. The molecule has 1 aromatic rings. The van der Waals surface area contributed by atoms with Gasteiger partial charge in [-0.2, -0.15) is 0 Å². The van der Waals surface area contributed by atoms with Crippen molar-refractivity contribution < 1.29 is 14.6 Å². The van der Waals surface area contributed by atoms with Gasteiger partial charge in [0.05, 0.1) is 6.10 Å². The summed E-state index contributed by atoms with van der Waals surface area (Å²) in [6, 6.07) is 9.95. The minimum atomic E-state index is -0.204. The van der Waals surface area contributed by atoms with Gasteiger partial charge in [-0.15, -0.1) is 0 Å². The highest BCUT2D eigenvalue weighted by atomic mass is 16.5. The van der Waals surface area contributed by atoms with Crippen LogP contribution in [0.25, 0.3) is 0 Å². The molecular formula is C15H20O3. The zero-order valence-corrected chi connectivity index (χ0v) is 10.5. The number of carbonyl (C=O) groups excluding carboxylic acids is 1. The van der Waals surface area contributed by atoms with E-state index in [0.717, 1.165) is 37.7 Å². The predicted octanol–water partition coefficient (Wildman–Crippen LogP) is 2.47. The Morgan fingerprint density at radius 3 is 2.50 bits per heavy atom. The summed E-state index contributed by atoms with van der Waals surface area (Å²) >= 11 is 0. The average molecular weight is 248 g/mol. The zero-order chi connectivity index (χ0) is 12.8. The SMILES string of the molecule is O=C(CCc1ccccc1)OC1CCC(O)CC1. The summed E-state index contributed by atoms with van der Waals surface area (Å²) in [7, 11) is 0. The molecule has 1 aromatic carbocycles. The first-order valence-electron chi connectivity index (χ1n) is 6.65. The van der Waals surface area contributed by atoms with E-state index in [9.17, 15) is 9.90 Å². The minimum absolute atomic E-state index is 0.0108. The molecule has 0 heterocycles. The Kier molecular flexibility index (Phi) is 4.76. The van der Waals surface area contributed by atoms with Crippen molar-refractivity contribution >= 4 is 5.97 Å². The van der Waals surface area contributed by atoms with E-state index in [1.807, 2.05) is 30.3 Å². The lowest BCUT2D eigenvalue weighted by Gasteiger charge is -2.25. The van der Waals surface area contributed by atoms with Crippen molar-refractivity contribution in [1.29, 1.82) is 0 Å². The number of rotatable bonds is 4. The van der Waals surface area contributed by atoms with E-state index < -0.39 is 0 Å². The number of aliphatic hydroxyl groups is 1. The molecule has 0 aliphatic heterocycles. The normalized spacial score (nSPS) is 23.6. The van der Waals surface area contributed by atoms with Gasteiger partial charge in [0, 0.05) is 6.42 Å². The summed E-state index contributed by atoms with van der Waals surface area (Å²) in [4.78, 5) is 11.7. The highest BCUT2D eigenvalue weighted by molar-refractivity contribution is 5.69. The van der Waals surface area contributed by atoms with Crippen LogP contribution < -0.4 is 0 Å². The molecule has 0 saturated heterocycles. The quantitative estimate of drug-likeness (QED) is 0.833. The fourth-order valence-electron chi connectivity index (χ4n) is 2.30. The van der Waals surface area contributed by atoms with E-state index in [1.165, 1.54) is 0 Å². The topological polar surface area (TPSA) is 46.5 Å². The summed E-state index contributed by atoms with van der Waals surface area (Å²) in [6.07, 6.45) is 4.04. The molecule has 98 valence electrons. The Bertz CT molecular complexity index is 367. The van der Waals surface area contributed by atoms with Gasteiger partial charge in [0.1, 0.15) is 6.10 Å². The number of aryl methyl sites for hydroxylation is 1. The lowest BCUT2D eigenvalue weighted by atomic mass is 9.95. The van der Waals surface area contributed by atoms with Gasteiger partial charge in [-0.3, -0.25) is 4.79 Å². The van der Waals surface area contributed by atoms with Gasteiger partial charge in [-0.05, 0) is 37.7 Å². The van der Waals surface area contributed by atoms with E-state index in [1.54, 1.807) is 0 Å². The van der Waals surface area contributed by atoms with Crippen molar-refractivity contribution in [1.82, 2.24) is 0 Å². The van der Waals surface area contributed by atoms with Gasteiger partial charge in [-0.25, -0.2) is 0 Å². The molecule has 3 nitrogen and oxygen atoms in total. The second-order valence-electron chi connectivity index (χ2n) is 4.91. The molecule has 0 amide bonds. The van der Waals surface area contributed by atoms with Gasteiger partial charge < -0.3 is 9.84 Å². The van der Waals surface area contributed by atoms with Crippen LogP contribution >= 0.6 is 0 Å². The van der Waals surface area contributed by atoms with Crippen molar-refractivity contribution in [2.24, 2.45) is 0 Å². The first-order chi connectivity index (χ1) is 8.74. The molecular weight excluding hydrogens is 228 g/mol. The van der Waals surface area contributed by atoms with E-state index in [2.05, 4.69) is 0 Å². The monoisotopic (exact) mass is 248 g/mol. The number of benzene rings is 1. The van der Waals surface area contributed by atoms with Crippen LogP contribution in [0.15, 0.2) is 30.3 Å². The summed E-state index contributed by atoms with van der Waals surface area (Å²) in [6.45, 7) is 0. The predicted molar refractivity (Wildman–Crippen MR) is 69.1 cm³/mol. The molecule has 1 aliphatic carbocycles. The van der Waals surface area contributed by atoms with Crippen LogP contribution in [-0.4, -0.2) is 23.3 Å². The lowest BCUT2D eigenvalue weighted by Crippen LogP contribution is -2.26. The van der Waals surface area contributed by atoms with Crippen LogP contribution in [0, 0.1) is 0 Å². The maximum atomic E-state index is 11.7. The molecule has 0 spiro atoms. The summed E-state index contributed by atoms with van der Waals surface area (Å²) in [5.41, 5.74) is 1.16. The van der Waals surface area contributed by atoms with E-state index >= 15 is 0 Å². The van der Waals surface area contributed by atoms with Crippen LogP contribution in [0.2, 0.25) is 0 Å². The van der Waals surface area contributed by atoms with Gasteiger partial charge in [0.15, 0.2) is 0 Å². The third-order valence-electron chi connectivity index (χ3n) is 3.40. The van der Waals surface area contributed by atoms with E-state index in [0.29, 0.717) is 6.42 Å². The molecule has 0 aromatic heterocycles. The van der Waals surface area contributed by atoms with Crippen molar-refractivity contribution in [2.75, 3.05) is 0 Å². The Labute approximate surface area is 108 Å². The fourth-order valence-corrected chi connectivity index (χ4v) is 2.30. The largest absolute Gasteiger partial charge is 0.462 e. The van der Waals surface area contributed by atoms with Crippen LogP contribution in [0.5, 0.6) is 0 Å². The van der Waals surface area contributed by atoms with E-state index in [-0.39, 0.29) is 18.2 Å². The van der Waals surface area contributed by atoms with Crippen LogP contribution in [0.3, 0.4) is 0 Å². The van der Waals surface area contributed by atoms with Crippen LogP contribution in [-0.2, 0) is 16.0 Å². The maximum absolute atomic E-state index is 11.7. The molecule has 2 rings (SSSR count). The minimum Gasteiger partial charge on any atom is -0.462 e. The first kappa shape index (κ1) is 13.1. The number of esters is 1. The molecule has 1 N–H and O–H groups in total. The zero-order valence-electron chi connectivity index (χ0n) is 10.5. The summed E-state index contributed by atoms with van der Waals surface area (Å²) in [5, 5.41) is 9.37. The molecule has 0 atom stereocenters. The number of ether oxygens (including phenoxy) is 1. The Morgan fingerprint density at radius 1 is 1.17 bits per heavy atom. The fraction of sp³-hybridized carbons (Fsp3) is 0.533. The van der Waals surface area contributed by atoms with Gasteiger partial charge in [0.25, 0.3) is 0 Å². The van der Waals surface area contributed by atoms with E-state index in [4.69, 9.17) is 4.74 Å². The number of hydrogen-bond donors (Lipinski definition) is 1. The van der Waals surface area contributed by atoms with Crippen molar-refractivity contribution in [2.45, 2.75) is 50.7 Å². The third-order valence-corrected chi connectivity index (χ3v) is 3.40. The second-order valence-corrected chi connectivity index (χ2v) is 4.91. The molecule has 0 radical (unpaired) electrons. The van der Waals surface area contributed by atoms with Gasteiger partial charge in [0.2, 0.25) is 0 Å². The van der Waals surface area contributed by atoms with Crippen molar-refractivity contribution in [3.8, 4) is 0 Å². The Balaban J connectivity index is 1.69. The van der Waals surface area contributed by atoms with Gasteiger partial charge in [-0.1, -0.05) is 30.3 Å². The number of carbonyl (C=O) groups is 1. The van der Waals surface area contributed by atoms with Gasteiger partial charge >= 0.3 is 5.97 Å². The second kappa shape index (κ2) is 6.55. The Hall–Kier alpha value is -1.35. The lowest BCUT2D eigenvalue weighted by molar-refractivity contribution is -0.151. The molecule has 0 unspecified atom stereocenters. The molecule has 1 saturated carbocycles. The molecule has 1 fully saturated rings. The van der Waals surface area contributed by atoms with Crippen molar-refractivity contribution in [3.05, 3.63) is 35.9 Å². The third kappa shape index (κ3) is 4.15. The van der Waals surface area contributed by atoms with Crippen LogP contribution in [0.4, 0.5) is 0 Å². The van der Waals surface area contributed by atoms with Crippen LogP contribution in [0.1, 0.15) is 37.7 Å². The maximum Gasteiger partial charge on any atom is 0.306 e. The van der Waals surface area contributed by atoms with Crippen molar-refractivity contribution in [3.63, 3.8) is 0 Å². The average Bonchev–Trinajstić information content (AvgIpc) is 2.40. The summed E-state index contributed by atoms with van der Waals surface area (Å²) < 4.78 is 5.41. The molecule has 18 heavy (non-hydrogen) atoms. The highest BCUT2D eigenvalue weighted by Crippen LogP contribution is 2.21. The number of aliphatic hydroxyl groups excluding tert-OH is 1. The summed E-state index contributed by atoms with van der Waals surface area (Å²) in [5.74, 6) is -0.125.